The molecule has 0 radical (unpaired) electrons. The maximum Gasteiger partial charge on any atom is 0.0547 e. The fourth-order valence-corrected chi connectivity index (χ4v) is 2.69. The summed E-state index contributed by atoms with van der Waals surface area (Å²) in [6, 6.07) is 0. The van der Waals surface area contributed by atoms with Crippen molar-refractivity contribution in [3.05, 3.63) is 0 Å². The number of rotatable bonds is 6. The largest absolute Gasteiger partial charge is 0.378 e. The topological polar surface area (TPSA) is 9.23 Å². The van der Waals surface area contributed by atoms with E-state index in [0.29, 0.717) is 11.5 Å². The first-order valence-electron chi connectivity index (χ1n) is 5.95. The zero-order chi connectivity index (χ0) is 10.4. The molecular weight excluding hydrogens is 192 g/mol. The minimum atomic E-state index is 0.408. The third-order valence-electron chi connectivity index (χ3n) is 3.37. The molecule has 14 heavy (non-hydrogen) atoms. The van der Waals surface area contributed by atoms with E-state index in [9.17, 15) is 0 Å². The van der Waals surface area contributed by atoms with E-state index in [0.717, 1.165) is 12.4 Å². The van der Waals surface area contributed by atoms with Crippen LogP contribution in [0.25, 0.3) is 0 Å². The summed E-state index contributed by atoms with van der Waals surface area (Å²) < 4.78 is 5.91. The lowest BCUT2D eigenvalue weighted by molar-refractivity contribution is 0.00577. The summed E-state index contributed by atoms with van der Waals surface area (Å²) in [6.07, 6.45) is 8.19. The van der Waals surface area contributed by atoms with Gasteiger partial charge >= 0.3 is 0 Å². The van der Waals surface area contributed by atoms with Crippen LogP contribution in [0.2, 0.25) is 0 Å². The lowest BCUT2D eigenvalue weighted by Gasteiger charge is -2.28. The van der Waals surface area contributed by atoms with Crippen LogP contribution in [0.3, 0.4) is 0 Å². The van der Waals surface area contributed by atoms with E-state index in [1.54, 1.807) is 0 Å². The molecule has 1 fully saturated rings. The van der Waals surface area contributed by atoms with Gasteiger partial charge in [0.1, 0.15) is 0 Å². The van der Waals surface area contributed by atoms with Gasteiger partial charge in [0.25, 0.3) is 0 Å². The molecule has 0 N–H and O–H groups in total. The third kappa shape index (κ3) is 3.47. The molecule has 2 heteroatoms. The quantitative estimate of drug-likeness (QED) is 0.666. The molecular formula is C12H24OS. The summed E-state index contributed by atoms with van der Waals surface area (Å²) in [6.45, 7) is 5.33. The molecule has 0 heterocycles. The summed E-state index contributed by atoms with van der Waals surface area (Å²) in [5, 5.41) is 0. The molecule has 0 amide bonds. The molecule has 0 aromatic rings. The molecule has 0 aromatic carbocycles. The number of hydrogen-bond donors (Lipinski definition) is 1. The highest BCUT2D eigenvalue weighted by Crippen LogP contribution is 2.39. The molecule has 0 saturated heterocycles. The molecule has 84 valence electrons. The molecule has 1 aliphatic rings. The molecule has 0 aliphatic heterocycles. The summed E-state index contributed by atoms with van der Waals surface area (Å²) in [4.78, 5) is 0. The van der Waals surface area contributed by atoms with Crippen LogP contribution in [0.4, 0.5) is 0 Å². The Hall–Kier alpha value is 0.310. The Morgan fingerprint density at radius 2 is 2.00 bits per heavy atom. The zero-order valence-electron chi connectivity index (χ0n) is 9.59. The molecule has 0 aromatic heterocycles. The summed E-state index contributed by atoms with van der Waals surface area (Å²) in [5.74, 6) is 0.992. The second kappa shape index (κ2) is 6.02. The zero-order valence-corrected chi connectivity index (χ0v) is 10.5. The minimum Gasteiger partial charge on any atom is -0.378 e. The van der Waals surface area contributed by atoms with Crippen molar-refractivity contribution in [2.24, 2.45) is 5.41 Å². The van der Waals surface area contributed by atoms with E-state index in [1.165, 1.54) is 38.5 Å². The Kier molecular flexibility index (Phi) is 5.32. The predicted molar refractivity (Wildman–Crippen MR) is 65.1 cm³/mol. The maximum atomic E-state index is 5.91. The van der Waals surface area contributed by atoms with Crippen LogP contribution in [0.5, 0.6) is 0 Å². The Morgan fingerprint density at radius 3 is 2.50 bits per heavy atom. The summed E-state index contributed by atoms with van der Waals surface area (Å²) in [7, 11) is 0. The van der Waals surface area contributed by atoms with Gasteiger partial charge < -0.3 is 4.74 Å². The average Bonchev–Trinajstić information content (AvgIpc) is 2.65. The van der Waals surface area contributed by atoms with Crippen molar-refractivity contribution >= 4 is 12.6 Å². The van der Waals surface area contributed by atoms with Gasteiger partial charge in [-0.1, -0.05) is 26.2 Å². The molecule has 0 spiro atoms. The predicted octanol–water partition coefficient (Wildman–Crippen LogP) is 3.68. The first kappa shape index (κ1) is 12.4. The van der Waals surface area contributed by atoms with Crippen molar-refractivity contribution in [2.45, 2.75) is 58.5 Å². The van der Waals surface area contributed by atoms with E-state index < -0.39 is 0 Å². The second-order valence-electron chi connectivity index (χ2n) is 4.78. The normalized spacial score (nSPS) is 22.5. The highest BCUT2D eigenvalue weighted by atomic mass is 32.1. The Labute approximate surface area is 94.0 Å². The van der Waals surface area contributed by atoms with Crippen molar-refractivity contribution in [2.75, 3.05) is 12.4 Å². The summed E-state index contributed by atoms with van der Waals surface area (Å²) in [5.41, 5.74) is 0.408. The van der Waals surface area contributed by atoms with Gasteiger partial charge in [0.2, 0.25) is 0 Å². The number of ether oxygens (including phenoxy) is 1. The van der Waals surface area contributed by atoms with Gasteiger partial charge in [-0.25, -0.2) is 0 Å². The van der Waals surface area contributed by atoms with Crippen molar-refractivity contribution < 1.29 is 4.74 Å². The second-order valence-corrected chi connectivity index (χ2v) is 5.09. The monoisotopic (exact) mass is 216 g/mol. The number of hydrogen-bond acceptors (Lipinski definition) is 2. The van der Waals surface area contributed by atoms with Crippen molar-refractivity contribution in [1.29, 1.82) is 0 Å². The molecule has 1 saturated carbocycles. The lowest BCUT2D eigenvalue weighted by atomic mass is 9.90. The molecule has 1 nitrogen and oxygen atoms in total. The van der Waals surface area contributed by atoms with E-state index in [1.807, 2.05) is 0 Å². The average molecular weight is 216 g/mol. The van der Waals surface area contributed by atoms with E-state index in [2.05, 4.69) is 26.5 Å². The van der Waals surface area contributed by atoms with Crippen molar-refractivity contribution in [3.8, 4) is 0 Å². The molecule has 1 rings (SSSR count). The first-order chi connectivity index (χ1) is 6.72. The fraction of sp³-hybridized carbons (Fsp3) is 1.00. The Bertz CT molecular complexity index is 152. The first-order valence-corrected chi connectivity index (χ1v) is 6.58. The van der Waals surface area contributed by atoms with Gasteiger partial charge in [0.15, 0.2) is 0 Å². The van der Waals surface area contributed by atoms with Crippen LogP contribution in [0, 0.1) is 5.41 Å². The lowest BCUT2D eigenvalue weighted by Crippen LogP contribution is -2.27. The minimum absolute atomic E-state index is 0.408. The highest BCUT2D eigenvalue weighted by Gasteiger charge is 2.33. The maximum absolute atomic E-state index is 5.91. The van der Waals surface area contributed by atoms with E-state index in [-0.39, 0.29) is 0 Å². The molecule has 0 bridgehead atoms. The van der Waals surface area contributed by atoms with Crippen LogP contribution >= 0.6 is 12.6 Å². The summed E-state index contributed by atoms with van der Waals surface area (Å²) >= 11 is 4.48. The number of thiol groups is 1. The Morgan fingerprint density at radius 1 is 1.36 bits per heavy atom. The van der Waals surface area contributed by atoms with Crippen LogP contribution < -0.4 is 0 Å². The van der Waals surface area contributed by atoms with E-state index >= 15 is 0 Å². The smallest absolute Gasteiger partial charge is 0.0547 e. The molecule has 1 aliphatic carbocycles. The van der Waals surface area contributed by atoms with Crippen LogP contribution in [-0.2, 0) is 4.74 Å². The molecule has 1 unspecified atom stereocenters. The van der Waals surface area contributed by atoms with Gasteiger partial charge in [0, 0.05) is 5.41 Å². The van der Waals surface area contributed by atoms with Gasteiger partial charge in [-0.2, -0.15) is 12.6 Å². The van der Waals surface area contributed by atoms with Gasteiger partial charge in [-0.15, -0.1) is 0 Å². The van der Waals surface area contributed by atoms with Gasteiger partial charge in [-0.05, 0) is 31.9 Å². The molecule has 1 atom stereocenters. The van der Waals surface area contributed by atoms with Gasteiger partial charge in [0.05, 0.1) is 12.7 Å². The third-order valence-corrected chi connectivity index (χ3v) is 4.04. The fourth-order valence-electron chi connectivity index (χ4n) is 2.28. The van der Waals surface area contributed by atoms with E-state index in [4.69, 9.17) is 4.74 Å². The van der Waals surface area contributed by atoms with Crippen LogP contribution in [-0.4, -0.2) is 18.5 Å². The SMILES string of the molecule is CCCC(C)OCC1(CS)CCCC1. The van der Waals surface area contributed by atoms with Crippen LogP contribution in [0.1, 0.15) is 52.4 Å². The van der Waals surface area contributed by atoms with Crippen LogP contribution in [0.15, 0.2) is 0 Å². The Balaban J connectivity index is 2.27. The standard InChI is InChI=1S/C12H24OS/c1-3-6-11(2)13-9-12(10-14)7-4-5-8-12/h11,14H,3-10H2,1-2H3. The highest BCUT2D eigenvalue weighted by molar-refractivity contribution is 7.80. The van der Waals surface area contributed by atoms with Gasteiger partial charge in [-0.3, -0.25) is 0 Å². The van der Waals surface area contributed by atoms with Crippen molar-refractivity contribution in [1.82, 2.24) is 0 Å². The van der Waals surface area contributed by atoms with Crippen molar-refractivity contribution in [3.63, 3.8) is 0 Å².